The molecule has 0 aromatic heterocycles. The van der Waals surface area contributed by atoms with E-state index in [4.69, 9.17) is 4.74 Å². The predicted molar refractivity (Wildman–Crippen MR) is 64.3 cm³/mol. The van der Waals surface area contributed by atoms with Gasteiger partial charge in [-0.05, 0) is 6.42 Å². The van der Waals surface area contributed by atoms with Gasteiger partial charge >= 0.3 is 0 Å². The Labute approximate surface area is 98.6 Å². The number of hydrogen-bond donors (Lipinski definition) is 2. The molecule has 0 bridgehead atoms. The number of nitrogens with one attached hydrogen (secondary N) is 1. The van der Waals surface area contributed by atoms with Crippen molar-refractivity contribution >= 4 is 0 Å². The highest BCUT2D eigenvalue weighted by atomic mass is 16.5. The minimum atomic E-state index is -0.0272. The van der Waals surface area contributed by atoms with Crippen molar-refractivity contribution in [1.82, 2.24) is 5.32 Å². The van der Waals surface area contributed by atoms with Gasteiger partial charge in [0.1, 0.15) is 0 Å². The van der Waals surface area contributed by atoms with Gasteiger partial charge in [0, 0.05) is 42.5 Å². The van der Waals surface area contributed by atoms with Crippen LogP contribution >= 0.6 is 0 Å². The molecule has 3 nitrogen and oxygen atoms in total. The summed E-state index contributed by atoms with van der Waals surface area (Å²) in [6, 6.07) is 0.547. The molecule has 3 unspecified atom stereocenters. The number of aliphatic hydroxyl groups excluding tert-OH is 1. The lowest BCUT2D eigenvalue weighted by atomic mass is 9.57. The van der Waals surface area contributed by atoms with Crippen LogP contribution in [0.2, 0.25) is 0 Å². The zero-order chi connectivity index (χ0) is 12.0. The van der Waals surface area contributed by atoms with Gasteiger partial charge < -0.3 is 15.2 Å². The summed E-state index contributed by atoms with van der Waals surface area (Å²) in [6.45, 7) is 10.8. The fourth-order valence-electron chi connectivity index (χ4n) is 3.18. The summed E-state index contributed by atoms with van der Waals surface area (Å²) >= 11 is 0. The lowest BCUT2D eigenvalue weighted by Gasteiger charge is -2.55. The Bertz CT molecular complexity index is 263. The third-order valence-corrected chi connectivity index (χ3v) is 4.33. The van der Waals surface area contributed by atoms with Crippen LogP contribution in [0, 0.1) is 16.7 Å². The van der Waals surface area contributed by atoms with Crippen LogP contribution in [0.15, 0.2) is 0 Å². The maximum atomic E-state index is 9.25. The summed E-state index contributed by atoms with van der Waals surface area (Å²) in [5.41, 5.74) is 0.216. The van der Waals surface area contributed by atoms with Gasteiger partial charge in [-0.3, -0.25) is 0 Å². The van der Waals surface area contributed by atoms with Crippen molar-refractivity contribution in [3.8, 4) is 0 Å². The lowest BCUT2D eigenvalue weighted by Crippen LogP contribution is -2.66. The van der Waals surface area contributed by atoms with Crippen LogP contribution in [0.3, 0.4) is 0 Å². The number of aliphatic hydroxyl groups is 1. The van der Waals surface area contributed by atoms with E-state index < -0.39 is 0 Å². The second kappa shape index (κ2) is 3.97. The fraction of sp³-hybridized carbons (Fsp3) is 1.00. The van der Waals surface area contributed by atoms with E-state index in [1.807, 2.05) is 0 Å². The smallest absolute Gasteiger partial charge is 0.0685 e. The van der Waals surface area contributed by atoms with E-state index in [0.717, 1.165) is 13.2 Å². The van der Waals surface area contributed by atoms with Crippen molar-refractivity contribution in [3.05, 3.63) is 0 Å². The minimum Gasteiger partial charge on any atom is -0.396 e. The summed E-state index contributed by atoms with van der Waals surface area (Å²) in [7, 11) is 0. The third kappa shape index (κ3) is 1.89. The van der Waals surface area contributed by atoms with Gasteiger partial charge in [-0.1, -0.05) is 27.7 Å². The van der Waals surface area contributed by atoms with E-state index in [9.17, 15) is 5.11 Å². The second-order valence-electron chi connectivity index (χ2n) is 6.75. The van der Waals surface area contributed by atoms with Crippen molar-refractivity contribution in [2.45, 2.75) is 46.3 Å². The van der Waals surface area contributed by atoms with E-state index in [1.54, 1.807) is 0 Å². The number of rotatable bonds is 4. The summed E-state index contributed by atoms with van der Waals surface area (Å²) in [5, 5.41) is 12.9. The maximum Gasteiger partial charge on any atom is 0.0685 e. The molecule has 0 spiro atoms. The predicted octanol–water partition coefficient (Wildman–Crippen LogP) is 1.41. The zero-order valence-corrected chi connectivity index (χ0v) is 10.9. The van der Waals surface area contributed by atoms with E-state index in [0.29, 0.717) is 18.1 Å². The molecule has 94 valence electrons. The van der Waals surface area contributed by atoms with E-state index >= 15 is 0 Å². The van der Waals surface area contributed by atoms with Crippen LogP contribution < -0.4 is 5.32 Å². The Morgan fingerprint density at radius 3 is 2.75 bits per heavy atom. The largest absolute Gasteiger partial charge is 0.396 e. The summed E-state index contributed by atoms with van der Waals surface area (Å²) in [5.74, 6) is 0.685. The van der Waals surface area contributed by atoms with Crippen LogP contribution in [0.1, 0.15) is 34.1 Å². The fourth-order valence-corrected chi connectivity index (χ4v) is 3.18. The molecule has 2 rings (SSSR count). The monoisotopic (exact) mass is 227 g/mol. The first-order valence-corrected chi connectivity index (χ1v) is 6.34. The van der Waals surface area contributed by atoms with Crippen LogP contribution in [-0.2, 0) is 4.74 Å². The Balaban J connectivity index is 1.91. The van der Waals surface area contributed by atoms with Crippen molar-refractivity contribution in [3.63, 3.8) is 0 Å². The second-order valence-corrected chi connectivity index (χ2v) is 6.75. The molecule has 1 saturated heterocycles. The van der Waals surface area contributed by atoms with Crippen LogP contribution in [0.5, 0.6) is 0 Å². The topological polar surface area (TPSA) is 41.5 Å². The Kier molecular flexibility index (Phi) is 3.06. The molecule has 3 heteroatoms. The molecule has 0 aromatic rings. The average molecular weight is 227 g/mol. The molecule has 16 heavy (non-hydrogen) atoms. The third-order valence-electron chi connectivity index (χ3n) is 4.33. The highest BCUT2D eigenvalue weighted by Crippen LogP contribution is 2.52. The Morgan fingerprint density at radius 1 is 1.44 bits per heavy atom. The molecule has 1 aliphatic carbocycles. The normalized spacial score (nSPS) is 36.9. The summed E-state index contributed by atoms with van der Waals surface area (Å²) in [6.07, 6.45) is 1.63. The van der Waals surface area contributed by atoms with Gasteiger partial charge in [0.2, 0.25) is 0 Å². The van der Waals surface area contributed by atoms with E-state index in [-0.39, 0.29) is 17.4 Å². The van der Waals surface area contributed by atoms with E-state index in [1.165, 1.54) is 6.42 Å². The first-order valence-electron chi connectivity index (χ1n) is 6.34. The highest BCUT2D eigenvalue weighted by Gasteiger charge is 2.59. The van der Waals surface area contributed by atoms with E-state index in [2.05, 4.69) is 33.0 Å². The molecule has 3 atom stereocenters. The molecule has 2 N–H and O–H groups in total. The van der Waals surface area contributed by atoms with Gasteiger partial charge in [-0.15, -0.1) is 0 Å². The summed E-state index contributed by atoms with van der Waals surface area (Å²) < 4.78 is 5.77. The number of ether oxygens (including phenoxy) is 1. The molecular weight excluding hydrogens is 202 g/mol. The van der Waals surface area contributed by atoms with Crippen molar-refractivity contribution in [1.29, 1.82) is 0 Å². The lowest BCUT2D eigenvalue weighted by molar-refractivity contribution is -0.114. The quantitative estimate of drug-likeness (QED) is 0.763. The SMILES string of the molecule is CC(C)(CO)CNC1C2CCOC2C1(C)C. The molecule has 0 amide bonds. The number of hydrogen-bond acceptors (Lipinski definition) is 3. The van der Waals surface area contributed by atoms with Gasteiger partial charge in [0.15, 0.2) is 0 Å². The Morgan fingerprint density at radius 2 is 2.12 bits per heavy atom. The molecule has 0 aromatic carbocycles. The molecule has 1 saturated carbocycles. The average Bonchev–Trinajstić information content (AvgIpc) is 2.64. The molecule has 1 heterocycles. The first-order chi connectivity index (χ1) is 7.38. The first kappa shape index (κ1) is 12.3. The highest BCUT2D eigenvalue weighted by molar-refractivity contribution is 5.11. The van der Waals surface area contributed by atoms with Crippen molar-refractivity contribution < 1.29 is 9.84 Å². The maximum absolute atomic E-state index is 9.25. The molecule has 2 aliphatic rings. The summed E-state index contributed by atoms with van der Waals surface area (Å²) in [4.78, 5) is 0. The standard InChI is InChI=1S/C13H25NO2/c1-12(2,8-15)7-14-10-9-5-6-16-11(9)13(10,3)4/h9-11,14-15H,5-8H2,1-4H3. The molecule has 1 aliphatic heterocycles. The van der Waals surface area contributed by atoms with Gasteiger partial charge in [-0.2, -0.15) is 0 Å². The molecular formula is C13H25NO2. The van der Waals surface area contributed by atoms with Crippen LogP contribution in [0.4, 0.5) is 0 Å². The molecule has 2 fully saturated rings. The van der Waals surface area contributed by atoms with Crippen LogP contribution in [-0.4, -0.2) is 37.0 Å². The van der Waals surface area contributed by atoms with Crippen LogP contribution in [0.25, 0.3) is 0 Å². The van der Waals surface area contributed by atoms with Gasteiger partial charge in [0.25, 0.3) is 0 Å². The van der Waals surface area contributed by atoms with Crippen molar-refractivity contribution in [2.75, 3.05) is 19.8 Å². The molecule has 0 radical (unpaired) electrons. The van der Waals surface area contributed by atoms with Gasteiger partial charge in [-0.25, -0.2) is 0 Å². The van der Waals surface area contributed by atoms with Crippen molar-refractivity contribution in [2.24, 2.45) is 16.7 Å². The van der Waals surface area contributed by atoms with Gasteiger partial charge in [0.05, 0.1) is 6.10 Å². The number of fused-ring (bicyclic) bond motifs is 1. The zero-order valence-electron chi connectivity index (χ0n) is 10.9. The minimum absolute atomic E-state index is 0.0272. The Hall–Kier alpha value is -0.120.